The molecule has 1 aliphatic heterocycles. The van der Waals surface area contributed by atoms with Crippen molar-refractivity contribution >= 4 is 23.4 Å². The topological polar surface area (TPSA) is 113 Å². The number of nitrogens with one attached hydrogen (secondary N) is 1. The lowest BCUT2D eigenvalue weighted by Gasteiger charge is -2.12. The van der Waals surface area contributed by atoms with Crippen molar-refractivity contribution in [2.45, 2.75) is 6.42 Å². The maximum absolute atomic E-state index is 13.6. The second-order valence-electron chi connectivity index (χ2n) is 4.62. The molecule has 0 radical (unpaired) electrons. The number of amides is 2. The van der Waals surface area contributed by atoms with E-state index in [0.29, 0.717) is 12.5 Å². The molecule has 0 spiro atoms. The van der Waals surface area contributed by atoms with Crippen LogP contribution >= 0.6 is 0 Å². The average molecular weight is 297 g/mol. The summed E-state index contributed by atoms with van der Waals surface area (Å²) in [6.07, 6.45) is -0.751. The van der Waals surface area contributed by atoms with E-state index >= 15 is 0 Å². The molecule has 1 aromatic rings. The number of nitro groups is 1. The highest BCUT2D eigenvalue weighted by Gasteiger charge is 2.31. The summed E-state index contributed by atoms with van der Waals surface area (Å²) in [7, 11) is 0. The second kappa shape index (κ2) is 5.73. The van der Waals surface area contributed by atoms with Crippen LogP contribution in [-0.2, 0) is 4.79 Å². The third-order valence-electron chi connectivity index (χ3n) is 3.25. The molecule has 1 heterocycles. The summed E-state index contributed by atoms with van der Waals surface area (Å²) in [5.74, 6) is -1.98. The van der Waals surface area contributed by atoms with Gasteiger partial charge in [-0.05, 0) is 12.5 Å². The van der Waals surface area contributed by atoms with E-state index in [1.165, 1.54) is 0 Å². The number of non-ortho nitro benzene ring substituents is 1. The highest BCUT2D eigenvalue weighted by atomic mass is 19.1. The average Bonchev–Trinajstić information content (AvgIpc) is 2.90. The van der Waals surface area contributed by atoms with Crippen LogP contribution in [0.4, 0.5) is 20.6 Å². The number of hydrogen-bond donors (Lipinski definition) is 2. The number of carbonyl (C=O) groups is 2. The Bertz CT molecular complexity index is 607. The van der Waals surface area contributed by atoms with E-state index in [-0.39, 0.29) is 18.8 Å². The van der Waals surface area contributed by atoms with Gasteiger partial charge in [0.15, 0.2) is 5.82 Å². The van der Waals surface area contributed by atoms with Crippen LogP contribution in [0.25, 0.3) is 0 Å². The van der Waals surface area contributed by atoms with Gasteiger partial charge in [0.05, 0.1) is 22.6 Å². The van der Waals surface area contributed by atoms with Gasteiger partial charge in [0.25, 0.3) is 5.69 Å². The minimum Gasteiger partial charge on any atom is -0.465 e. The highest BCUT2D eigenvalue weighted by Crippen LogP contribution is 2.23. The number of nitrogens with zero attached hydrogens (tertiary/aromatic N) is 2. The summed E-state index contributed by atoms with van der Waals surface area (Å²) in [5.41, 5.74) is -0.581. The molecular formula is C12H12FN3O5. The van der Waals surface area contributed by atoms with Crippen molar-refractivity contribution in [2.24, 2.45) is 5.92 Å². The Morgan fingerprint density at radius 3 is 2.71 bits per heavy atom. The first-order valence-electron chi connectivity index (χ1n) is 6.11. The van der Waals surface area contributed by atoms with Crippen LogP contribution in [0.1, 0.15) is 6.42 Å². The molecule has 9 heteroatoms. The summed E-state index contributed by atoms with van der Waals surface area (Å²) >= 11 is 0. The predicted molar refractivity (Wildman–Crippen MR) is 69.4 cm³/mol. The van der Waals surface area contributed by atoms with Crippen molar-refractivity contribution < 1.29 is 24.0 Å². The van der Waals surface area contributed by atoms with Gasteiger partial charge in [0.2, 0.25) is 5.91 Å². The van der Waals surface area contributed by atoms with Crippen LogP contribution in [0, 0.1) is 21.8 Å². The van der Waals surface area contributed by atoms with Crippen molar-refractivity contribution in [1.29, 1.82) is 0 Å². The van der Waals surface area contributed by atoms with E-state index in [1.807, 2.05) is 0 Å². The number of rotatable bonds is 3. The van der Waals surface area contributed by atoms with Gasteiger partial charge >= 0.3 is 6.09 Å². The summed E-state index contributed by atoms with van der Waals surface area (Å²) < 4.78 is 13.6. The smallest absolute Gasteiger partial charge is 0.407 e. The SMILES string of the molecule is O=C(Nc1ccc([N+](=O)[O-])cc1F)[C@H]1CCN(C(=O)O)C1. The van der Waals surface area contributed by atoms with E-state index in [0.717, 1.165) is 17.0 Å². The maximum atomic E-state index is 13.6. The third kappa shape index (κ3) is 3.25. The Kier molecular flexibility index (Phi) is 4.01. The van der Waals surface area contributed by atoms with Crippen LogP contribution in [-0.4, -0.2) is 40.0 Å². The van der Waals surface area contributed by atoms with Gasteiger partial charge in [-0.15, -0.1) is 0 Å². The predicted octanol–water partition coefficient (Wildman–Crippen LogP) is 1.67. The van der Waals surface area contributed by atoms with E-state index in [4.69, 9.17) is 5.11 Å². The fourth-order valence-electron chi connectivity index (χ4n) is 2.10. The standard InChI is InChI=1S/C12H12FN3O5/c13-9-5-8(16(20)21)1-2-10(9)14-11(17)7-3-4-15(6-7)12(18)19/h1-2,5,7H,3-4,6H2,(H,14,17)(H,18,19)/t7-/m0/s1. The summed E-state index contributed by atoms with van der Waals surface area (Å²) in [6, 6.07) is 2.90. The minimum absolute atomic E-state index is 0.0514. The van der Waals surface area contributed by atoms with Gasteiger partial charge in [-0.25, -0.2) is 9.18 Å². The number of carbonyl (C=O) groups excluding carboxylic acids is 1. The summed E-state index contributed by atoms with van der Waals surface area (Å²) in [5, 5.41) is 21.6. The number of hydrogen-bond acceptors (Lipinski definition) is 4. The molecule has 2 rings (SSSR count). The Balaban J connectivity index is 2.03. The second-order valence-corrected chi connectivity index (χ2v) is 4.62. The van der Waals surface area contributed by atoms with Gasteiger partial charge in [0, 0.05) is 19.2 Å². The van der Waals surface area contributed by atoms with Crippen LogP contribution in [0.3, 0.4) is 0 Å². The van der Waals surface area contributed by atoms with Crippen molar-refractivity contribution in [3.8, 4) is 0 Å². The molecule has 0 aromatic heterocycles. The van der Waals surface area contributed by atoms with Crippen molar-refractivity contribution in [1.82, 2.24) is 4.90 Å². The van der Waals surface area contributed by atoms with Crippen LogP contribution < -0.4 is 5.32 Å². The van der Waals surface area contributed by atoms with Crippen LogP contribution in [0.2, 0.25) is 0 Å². The van der Waals surface area contributed by atoms with Gasteiger partial charge in [-0.2, -0.15) is 0 Å². The molecule has 21 heavy (non-hydrogen) atoms. The van der Waals surface area contributed by atoms with Gasteiger partial charge in [-0.3, -0.25) is 14.9 Å². The lowest BCUT2D eigenvalue weighted by molar-refractivity contribution is -0.385. The van der Waals surface area contributed by atoms with E-state index in [1.54, 1.807) is 0 Å². The van der Waals surface area contributed by atoms with Crippen molar-refractivity contribution in [3.63, 3.8) is 0 Å². The number of carboxylic acid groups (broad SMARTS) is 1. The molecular weight excluding hydrogens is 285 g/mol. The summed E-state index contributed by atoms with van der Waals surface area (Å²) in [6.45, 7) is 0.298. The van der Waals surface area contributed by atoms with E-state index in [9.17, 15) is 24.1 Å². The van der Waals surface area contributed by atoms with Crippen molar-refractivity contribution in [3.05, 3.63) is 34.1 Å². The maximum Gasteiger partial charge on any atom is 0.407 e. The first-order valence-corrected chi connectivity index (χ1v) is 6.11. The van der Waals surface area contributed by atoms with Gasteiger partial charge in [-0.1, -0.05) is 0 Å². The molecule has 1 fully saturated rings. The normalized spacial score (nSPS) is 17.6. The van der Waals surface area contributed by atoms with Crippen LogP contribution in [0.15, 0.2) is 18.2 Å². The fraction of sp³-hybridized carbons (Fsp3) is 0.333. The Hall–Kier alpha value is -2.71. The molecule has 1 saturated heterocycles. The first kappa shape index (κ1) is 14.7. The van der Waals surface area contributed by atoms with E-state index in [2.05, 4.69) is 5.32 Å². The molecule has 0 unspecified atom stereocenters. The van der Waals surface area contributed by atoms with Crippen LogP contribution in [0.5, 0.6) is 0 Å². The molecule has 0 aliphatic carbocycles. The van der Waals surface area contributed by atoms with Crippen molar-refractivity contribution in [2.75, 3.05) is 18.4 Å². The minimum atomic E-state index is -1.10. The highest BCUT2D eigenvalue weighted by molar-refractivity contribution is 5.93. The summed E-state index contributed by atoms with van der Waals surface area (Å²) in [4.78, 5) is 33.5. The fourth-order valence-corrected chi connectivity index (χ4v) is 2.10. The quantitative estimate of drug-likeness (QED) is 0.651. The number of anilines is 1. The first-order chi connectivity index (χ1) is 9.88. The third-order valence-corrected chi connectivity index (χ3v) is 3.25. The zero-order chi connectivity index (χ0) is 15.6. The molecule has 112 valence electrons. The molecule has 2 N–H and O–H groups in total. The number of likely N-dealkylation sites (tertiary alicyclic amines) is 1. The number of nitro benzene ring substituents is 1. The largest absolute Gasteiger partial charge is 0.465 e. The Labute approximate surface area is 118 Å². The Morgan fingerprint density at radius 1 is 1.48 bits per heavy atom. The van der Waals surface area contributed by atoms with Gasteiger partial charge < -0.3 is 15.3 Å². The molecule has 8 nitrogen and oxygen atoms in total. The monoisotopic (exact) mass is 297 g/mol. The lowest BCUT2D eigenvalue weighted by atomic mass is 10.1. The molecule has 2 amide bonds. The number of benzene rings is 1. The van der Waals surface area contributed by atoms with E-state index < -0.39 is 34.3 Å². The Morgan fingerprint density at radius 2 is 2.19 bits per heavy atom. The van der Waals surface area contributed by atoms with Gasteiger partial charge in [0.1, 0.15) is 0 Å². The zero-order valence-corrected chi connectivity index (χ0v) is 10.8. The molecule has 0 saturated carbocycles. The molecule has 1 aliphatic rings. The molecule has 1 aromatic carbocycles. The zero-order valence-electron chi connectivity index (χ0n) is 10.8. The molecule has 1 atom stereocenters. The number of halogens is 1. The molecule has 0 bridgehead atoms. The lowest BCUT2D eigenvalue weighted by Crippen LogP contribution is -2.30.